The number of benzene rings is 1. The molecule has 1 aliphatic rings. The maximum Gasteiger partial charge on any atom is 0.269 e. The molecule has 0 fully saturated rings. The Labute approximate surface area is 177 Å². The number of carbonyl (C=O) groups excluding carboxylic acids is 1. The Hall–Kier alpha value is -3.24. The van der Waals surface area contributed by atoms with Gasteiger partial charge in [0.1, 0.15) is 11.6 Å². The number of carbonyl (C=O) groups is 1. The van der Waals surface area contributed by atoms with Gasteiger partial charge in [-0.05, 0) is 13.8 Å². The van der Waals surface area contributed by atoms with Crippen molar-refractivity contribution in [3.05, 3.63) is 63.4 Å². The lowest BCUT2D eigenvalue weighted by Crippen LogP contribution is -2.34. The van der Waals surface area contributed by atoms with Crippen molar-refractivity contribution >= 4 is 28.8 Å². The van der Waals surface area contributed by atoms with Crippen molar-refractivity contribution in [3.63, 3.8) is 0 Å². The van der Waals surface area contributed by atoms with Crippen molar-refractivity contribution in [1.29, 1.82) is 0 Å². The second-order valence-electron chi connectivity index (χ2n) is 6.88. The Balaban J connectivity index is 1.62. The number of hydrogen-bond acceptors (Lipinski definition) is 8. The van der Waals surface area contributed by atoms with Gasteiger partial charge in [-0.25, -0.2) is 4.98 Å². The predicted molar refractivity (Wildman–Crippen MR) is 112 cm³/mol. The molecule has 0 spiro atoms. The normalized spacial score (nSPS) is 16.2. The second-order valence-corrected chi connectivity index (χ2v) is 8.08. The third-order valence-corrected chi connectivity index (χ3v) is 5.55. The summed E-state index contributed by atoms with van der Waals surface area (Å²) in [6, 6.07) is 7.72. The van der Waals surface area contributed by atoms with Crippen LogP contribution in [0.2, 0.25) is 0 Å². The maximum absolute atomic E-state index is 12.3. The summed E-state index contributed by atoms with van der Waals surface area (Å²) in [7, 11) is 1.65. The average molecular weight is 427 g/mol. The average Bonchev–Trinajstić information content (AvgIpc) is 3.42. The summed E-state index contributed by atoms with van der Waals surface area (Å²) < 4.78 is 11.1. The number of nitrogens with two attached hydrogens (primary N) is 1. The molecule has 0 saturated carbocycles. The molecule has 1 unspecified atom stereocenters. The molecule has 3 heterocycles. The van der Waals surface area contributed by atoms with Gasteiger partial charge < -0.3 is 15.2 Å². The van der Waals surface area contributed by atoms with Gasteiger partial charge in [0, 0.05) is 18.9 Å². The molecular weight excluding hydrogens is 404 g/mol. The first kappa shape index (κ1) is 20.0. The monoisotopic (exact) mass is 426 g/mol. The topological polar surface area (TPSA) is 108 Å². The van der Waals surface area contributed by atoms with Crippen LogP contribution in [0.3, 0.4) is 0 Å². The van der Waals surface area contributed by atoms with E-state index in [1.54, 1.807) is 24.4 Å². The fourth-order valence-corrected chi connectivity index (χ4v) is 4.11. The first-order valence-electron chi connectivity index (χ1n) is 9.36. The first-order valence-corrected chi connectivity index (χ1v) is 10.2. The van der Waals surface area contributed by atoms with E-state index < -0.39 is 12.1 Å². The number of methoxy groups -OCH3 is 1. The Morgan fingerprint density at radius 1 is 1.30 bits per heavy atom. The molecule has 0 radical (unpaired) electrons. The number of thiazole rings is 1. The number of rotatable bonds is 7. The summed E-state index contributed by atoms with van der Waals surface area (Å²) in [5, 5.41) is 9.69. The Kier molecular flexibility index (Phi) is 5.51. The van der Waals surface area contributed by atoms with Gasteiger partial charge in [-0.15, -0.1) is 16.4 Å². The fourth-order valence-electron chi connectivity index (χ4n) is 3.24. The lowest BCUT2D eigenvalue weighted by atomic mass is 10.1. The molecular formula is C20H22N6O3S. The van der Waals surface area contributed by atoms with Crippen LogP contribution in [0.4, 0.5) is 5.82 Å². The molecule has 0 bridgehead atoms. The van der Waals surface area contributed by atoms with Gasteiger partial charge in [-0.3, -0.25) is 9.69 Å². The second kappa shape index (κ2) is 8.25. The van der Waals surface area contributed by atoms with Gasteiger partial charge in [0.05, 0.1) is 17.7 Å². The highest BCUT2D eigenvalue weighted by atomic mass is 32.1. The van der Waals surface area contributed by atoms with Crippen molar-refractivity contribution < 1.29 is 14.3 Å². The van der Waals surface area contributed by atoms with Gasteiger partial charge in [0.25, 0.3) is 5.91 Å². The number of primary amides is 1. The van der Waals surface area contributed by atoms with Gasteiger partial charge in [-0.2, -0.15) is 9.90 Å². The standard InChI is InChI=1S/C20H22N6O3S/c1-12-4-6-14(7-5-12)19-18(20(21)27)26(13(2)29-19)16-9-23-25(24-16)10-17-22-8-15(30-17)11-28-3/h4-9,13H,10-11H2,1-3H3,(H2,21,27). The number of amides is 1. The minimum atomic E-state index is -0.589. The summed E-state index contributed by atoms with van der Waals surface area (Å²) in [5.74, 6) is 0.328. The zero-order valence-corrected chi connectivity index (χ0v) is 17.7. The van der Waals surface area contributed by atoms with Gasteiger partial charge >= 0.3 is 0 Å². The molecule has 1 amide bonds. The summed E-state index contributed by atoms with van der Waals surface area (Å²) in [4.78, 5) is 20.9. The SMILES string of the molecule is COCc1cnc(Cn2ncc(N3C(C(N)=O)=C(c4ccc(C)cc4)OC3C)n2)s1. The number of aromatic nitrogens is 4. The predicted octanol–water partition coefficient (Wildman–Crippen LogP) is 2.27. The third-order valence-electron chi connectivity index (χ3n) is 4.59. The molecule has 0 saturated heterocycles. The van der Waals surface area contributed by atoms with E-state index in [1.807, 2.05) is 38.1 Å². The molecule has 9 nitrogen and oxygen atoms in total. The van der Waals surface area contributed by atoms with E-state index in [2.05, 4.69) is 15.2 Å². The van der Waals surface area contributed by atoms with Crippen molar-refractivity contribution in [1.82, 2.24) is 20.0 Å². The summed E-state index contributed by atoms with van der Waals surface area (Å²) in [6.45, 7) is 4.77. The van der Waals surface area contributed by atoms with Crippen LogP contribution in [-0.2, 0) is 27.4 Å². The summed E-state index contributed by atoms with van der Waals surface area (Å²) in [6.07, 6.45) is 2.92. The smallest absolute Gasteiger partial charge is 0.269 e. The molecule has 30 heavy (non-hydrogen) atoms. The number of aryl methyl sites for hydroxylation is 1. The molecule has 10 heteroatoms. The molecule has 1 aliphatic heterocycles. The first-order chi connectivity index (χ1) is 14.5. The van der Waals surface area contributed by atoms with Gasteiger partial charge in [-0.1, -0.05) is 29.8 Å². The fraction of sp³-hybridized carbons (Fsp3) is 0.300. The summed E-state index contributed by atoms with van der Waals surface area (Å²) >= 11 is 1.54. The van der Waals surface area contributed by atoms with Crippen molar-refractivity contribution in [2.75, 3.05) is 12.0 Å². The molecule has 0 aliphatic carbocycles. The van der Waals surface area contributed by atoms with E-state index >= 15 is 0 Å². The molecule has 1 atom stereocenters. The van der Waals surface area contributed by atoms with E-state index in [1.165, 1.54) is 16.1 Å². The molecule has 1 aromatic carbocycles. The van der Waals surface area contributed by atoms with Crippen LogP contribution in [0.5, 0.6) is 0 Å². The molecule has 2 aromatic heterocycles. The highest BCUT2D eigenvalue weighted by Crippen LogP contribution is 2.35. The minimum absolute atomic E-state index is 0.259. The zero-order chi connectivity index (χ0) is 21.3. The van der Waals surface area contributed by atoms with Crippen LogP contribution >= 0.6 is 11.3 Å². The number of anilines is 1. The highest BCUT2D eigenvalue weighted by molar-refractivity contribution is 7.11. The minimum Gasteiger partial charge on any atom is -0.467 e. The Bertz CT molecular complexity index is 1090. The molecule has 4 rings (SSSR count). The van der Waals surface area contributed by atoms with Gasteiger partial charge in [0.2, 0.25) is 0 Å². The Morgan fingerprint density at radius 3 is 2.77 bits per heavy atom. The lowest BCUT2D eigenvalue weighted by Gasteiger charge is -2.20. The summed E-state index contributed by atoms with van der Waals surface area (Å²) in [5.41, 5.74) is 7.87. The van der Waals surface area contributed by atoms with Crippen LogP contribution < -0.4 is 10.6 Å². The van der Waals surface area contributed by atoms with Crippen LogP contribution in [0.15, 0.2) is 42.4 Å². The van der Waals surface area contributed by atoms with E-state index in [0.717, 1.165) is 21.0 Å². The van der Waals surface area contributed by atoms with Crippen molar-refractivity contribution in [2.24, 2.45) is 5.73 Å². The van der Waals surface area contributed by atoms with Crippen LogP contribution in [0, 0.1) is 6.92 Å². The molecule has 156 valence electrons. The quantitative estimate of drug-likeness (QED) is 0.617. The van der Waals surface area contributed by atoms with Crippen LogP contribution in [0.1, 0.15) is 27.9 Å². The third kappa shape index (κ3) is 3.91. The highest BCUT2D eigenvalue weighted by Gasteiger charge is 2.37. The number of ether oxygens (including phenoxy) is 2. The lowest BCUT2D eigenvalue weighted by molar-refractivity contribution is -0.114. The number of nitrogens with zero attached hydrogens (tertiary/aromatic N) is 5. The maximum atomic E-state index is 12.3. The van der Waals surface area contributed by atoms with Crippen molar-refractivity contribution in [2.45, 2.75) is 33.2 Å². The molecule has 3 aromatic rings. The van der Waals surface area contributed by atoms with E-state index in [0.29, 0.717) is 24.7 Å². The zero-order valence-electron chi connectivity index (χ0n) is 16.9. The number of hydrogen-bond donors (Lipinski definition) is 1. The van der Waals surface area contributed by atoms with E-state index in [-0.39, 0.29) is 5.70 Å². The van der Waals surface area contributed by atoms with E-state index in [4.69, 9.17) is 15.2 Å². The van der Waals surface area contributed by atoms with Crippen LogP contribution in [-0.4, -0.2) is 39.2 Å². The van der Waals surface area contributed by atoms with Crippen molar-refractivity contribution in [3.8, 4) is 0 Å². The largest absolute Gasteiger partial charge is 0.467 e. The molecule has 2 N–H and O–H groups in total. The van der Waals surface area contributed by atoms with Crippen LogP contribution in [0.25, 0.3) is 5.76 Å². The van der Waals surface area contributed by atoms with Gasteiger partial charge in [0.15, 0.2) is 23.5 Å². The Morgan fingerprint density at radius 2 is 2.07 bits per heavy atom. The van der Waals surface area contributed by atoms with E-state index in [9.17, 15) is 4.79 Å².